The first-order valence-corrected chi connectivity index (χ1v) is 10.2. The van der Waals surface area contributed by atoms with Crippen molar-refractivity contribution in [2.45, 2.75) is 30.7 Å². The monoisotopic (exact) mass is 412 g/mol. The van der Waals surface area contributed by atoms with Gasteiger partial charge in [-0.1, -0.05) is 48.0 Å². The van der Waals surface area contributed by atoms with E-state index in [1.165, 1.54) is 0 Å². The van der Waals surface area contributed by atoms with Crippen LogP contribution in [0.25, 0.3) is 0 Å². The van der Waals surface area contributed by atoms with Crippen LogP contribution in [0.1, 0.15) is 24.4 Å². The Morgan fingerprint density at radius 2 is 2.03 bits per heavy atom. The summed E-state index contributed by atoms with van der Waals surface area (Å²) in [5.41, 5.74) is 0.344. The Kier molecular flexibility index (Phi) is 4.48. The molecule has 0 N–H and O–H groups in total. The molecule has 5 rings (SSSR count). The number of likely N-dealkylation sites (tertiary alicyclic amines) is 1. The number of ether oxygens (including phenoxy) is 2. The Morgan fingerprint density at radius 3 is 2.83 bits per heavy atom. The van der Waals surface area contributed by atoms with Crippen LogP contribution in [-0.4, -0.2) is 53.1 Å². The van der Waals surface area contributed by atoms with Crippen molar-refractivity contribution in [3.05, 3.63) is 65.2 Å². The summed E-state index contributed by atoms with van der Waals surface area (Å²) < 4.78 is 11.9. The molecule has 0 bridgehead atoms. The minimum absolute atomic E-state index is 0.0367. The SMILES string of the molecule is O=C(COc1cccc(Cl)c1)N1CC[C@@]23OC[C@@H](c4ccccc4)N2C(=O)C[C@@H]13. The fraction of sp³-hybridized carbons (Fsp3) is 0.364. The standard InChI is InChI=1S/C22H21ClN2O4/c23-16-7-4-8-17(11-16)28-14-21(27)24-10-9-22-19(24)12-20(26)25(22)18(13-29-22)15-5-2-1-3-6-15/h1-8,11,18-19H,9-10,12-14H2/t18-,19+,22-/m0/s1. The maximum absolute atomic E-state index is 12.9. The molecule has 3 fully saturated rings. The summed E-state index contributed by atoms with van der Waals surface area (Å²) in [5.74, 6) is 0.438. The molecule has 2 aromatic rings. The van der Waals surface area contributed by atoms with Crippen LogP contribution in [0.5, 0.6) is 5.75 Å². The van der Waals surface area contributed by atoms with E-state index in [0.717, 1.165) is 5.56 Å². The van der Waals surface area contributed by atoms with E-state index in [1.54, 1.807) is 29.2 Å². The van der Waals surface area contributed by atoms with Gasteiger partial charge in [-0.05, 0) is 23.8 Å². The first-order chi connectivity index (χ1) is 14.1. The number of amides is 2. The van der Waals surface area contributed by atoms with E-state index in [2.05, 4.69) is 0 Å². The molecule has 0 saturated carbocycles. The van der Waals surface area contributed by atoms with Gasteiger partial charge in [0.1, 0.15) is 5.75 Å². The molecule has 0 radical (unpaired) electrons. The number of rotatable bonds is 4. The van der Waals surface area contributed by atoms with E-state index in [4.69, 9.17) is 21.1 Å². The van der Waals surface area contributed by atoms with Gasteiger partial charge in [0.2, 0.25) is 5.91 Å². The molecular weight excluding hydrogens is 392 g/mol. The lowest BCUT2D eigenvalue weighted by atomic mass is 10.0. The molecule has 1 spiro atoms. The number of hydrogen-bond acceptors (Lipinski definition) is 4. The summed E-state index contributed by atoms with van der Waals surface area (Å²) in [7, 11) is 0. The van der Waals surface area contributed by atoms with Crippen LogP contribution in [0.4, 0.5) is 0 Å². The minimum Gasteiger partial charge on any atom is -0.484 e. The second kappa shape index (κ2) is 7.04. The van der Waals surface area contributed by atoms with Crippen molar-refractivity contribution in [3.63, 3.8) is 0 Å². The Bertz CT molecular complexity index is 953. The average molecular weight is 413 g/mol. The Balaban J connectivity index is 1.32. The number of carbonyl (C=O) groups excluding carboxylic acids is 2. The number of benzene rings is 2. The van der Waals surface area contributed by atoms with Gasteiger partial charge in [-0.25, -0.2) is 0 Å². The first-order valence-electron chi connectivity index (χ1n) is 9.77. The Morgan fingerprint density at radius 1 is 1.21 bits per heavy atom. The van der Waals surface area contributed by atoms with Crippen molar-refractivity contribution in [1.82, 2.24) is 9.80 Å². The Hall–Kier alpha value is -2.57. The zero-order valence-corrected chi connectivity index (χ0v) is 16.5. The highest BCUT2D eigenvalue weighted by Crippen LogP contribution is 2.51. The predicted molar refractivity (Wildman–Crippen MR) is 106 cm³/mol. The number of halogens is 1. The van der Waals surface area contributed by atoms with Crippen LogP contribution in [0, 0.1) is 0 Å². The molecule has 6 nitrogen and oxygen atoms in total. The summed E-state index contributed by atoms with van der Waals surface area (Å²) in [6.07, 6.45) is 0.905. The molecule has 3 atom stereocenters. The quantitative estimate of drug-likeness (QED) is 0.774. The molecule has 3 saturated heterocycles. The predicted octanol–water partition coefficient (Wildman–Crippen LogP) is 3.02. The van der Waals surface area contributed by atoms with Gasteiger partial charge in [0, 0.05) is 18.0 Å². The van der Waals surface area contributed by atoms with Gasteiger partial charge in [-0.15, -0.1) is 0 Å². The maximum atomic E-state index is 12.9. The highest BCUT2D eigenvalue weighted by atomic mass is 35.5. The topological polar surface area (TPSA) is 59.1 Å². The zero-order valence-electron chi connectivity index (χ0n) is 15.8. The van der Waals surface area contributed by atoms with Gasteiger partial charge >= 0.3 is 0 Å². The molecule has 0 aliphatic carbocycles. The summed E-state index contributed by atoms with van der Waals surface area (Å²) in [5, 5.41) is 0.554. The van der Waals surface area contributed by atoms with Crippen molar-refractivity contribution < 1.29 is 19.1 Å². The first kappa shape index (κ1) is 18.5. The van der Waals surface area contributed by atoms with Crippen molar-refractivity contribution in [1.29, 1.82) is 0 Å². The third-order valence-corrected chi connectivity index (χ3v) is 6.35. The largest absolute Gasteiger partial charge is 0.484 e. The summed E-state index contributed by atoms with van der Waals surface area (Å²) in [4.78, 5) is 29.4. The van der Waals surface area contributed by atoms with Crippen molar-refractivity contribution in [2.24, 2.45) is 0 Å². The fourth-order valence-electron chi connectivity index (χ4n) is 4.85. The van der Waals surface area contributed by atoms with Crippen LogP contribution >= 0.6 is 11.6 Å². The highest BCUT2D eigenvalue weighted by molar-refractivity contribution is 6.30. The van der Waals surface area contributed by atoms with E-state index >= 15 is 0 Å². The number of hydrogen-bond donors (Lipinski definition) is 0. The molecule has 7 heteroatoms. The molecule has 150 valence electrons. The molecule has 3 aliphatic rings. The fourth-order valence-corrected chi connectivity index (χ4v) is 5.03. The van der Waals surface area contributed by atoms with E-state index in [-0.39, 0.29) is 36.9 Å². The lowest BCUT2D eigenvalue weighted by Gasteiger charge is -2.33. The van der Waals surface area contributed by atoms with Gasteiger partial charge in [0.25, 0.3) is 5.91 Å². The molecule has 0 aromatic heterocycles. The summed E-state index contributed by atoms with van der Waals surface area (Å²) >= 11 is 5.97. The average Bonchev–Trinajstić information content (AvgIpc) is 3.36. The number of carbonyl (C=O) groups is 2. The van der Waals surface area contributed by atoms with Gasteiger partial charge in [0.05, 0.1) is 25.1 Å². The summed E-state index contributed by atoms with van der Waals surface area (Å²) in [6.45, 7) is 0.907. The van der Waals surface area contributed by atoms with Crippen LogP contribution in [0.15, 0.2) is 54.6 Å². The molecule has 2 aromatic carbocycles. The number of nitrogens with zero attached hydrogens (tertiary/aromatic N) is 2. The van der Waals surface area contributed by atoms with Gasteiger partial charge in [-0.3, -0.25) is 9.59 Å². The smallest absolute Gasteiger partial charge is 0.260 e. The van der Waals surface area contributed by atoms with Crippen molar-refractivity contribution >= 4 is 23.4 Å². The molecule has 3 heterocycles. The minimum atomic E-state index is -0.719. The zero-order chi connectivity index (χ0) is 20.0. The third kappa shape index (κ3) is 2.98. The van der Waals surface area contributed by atoms with Gasteiger partial charge in [-0.2, -0.15) is 0 Å². The van der Waals surface area contributed by atoms with Crippen molar-refractivity contribution in [2.75, 3.05) is 19.8 Å². The normalized spacial score (nSPS) is 27.8. The maximum Gasteiger partial charge on any atom is 0.260 e. The van der Waals surface area contributed by atoms with E-state index in [9.17, 15) is 9.59 Å². The molecule has 0 unspecified atom stereocenters. The second-order valence-electron chi connectivity index (χ2n) is 7.65. The van der Waals surface area contributed by atoms with Crippen molar-refractivity contribution in [3.8, 4) is 5.75 Å². The second-order valence-corrected chi connectivity index (χ2v) is 8.09. The van der Waals surface area contributed by atoms with Gasteiger partial charge in [0.15, 0.2) is 12.3 Å². The van der Waals surface area contributed by atoms with Crippen LogP contribution < -0.4 is 4.74 Å². The molecule has 29 heavy (non-hydrogen) atoms. The third-order valence-electron chi connectivity index (χ3n) is 6.12. The molecule has 2 amide bonds. The van der Waals surface area contributed by atoms with Crippen LogP contribution in [-0.2, 0) is 14.3 Å². The van der Waals surface area contributed by atoms with Crippen LogP contribution in [0.3, 0.4) is 0 Å². The lowest BCUT2D eigenvalue weighted by Crippen LogP contribution is -2.49. The van der Waals surface area contributed by atoms with Crippen LogP contribution in [0.2, 0.25) is 5.02 Å². The molecule has 3 aliphatic heterocycles. The van der Waals surface area contributed by atoms with E-state index in [1.807, 2.05) is 35.2 Å². The highest BCUT2D eigenvalue weighted by Gasteiger charge is 2.65. The van der Waals surface area contributed by atoms with Gasteiger partial charge < -0.3 is 19.3 Å². The molecular formula is C22H21ClN2O4. The van der Waals surface area contributed by atoms with E-state index < -0.39 is 5.72 Å². The van der Waals surface area contributed by atoms with E-state index in [0.29, 0.717) is 30.3 Å². The lowest BCUT2D eigenvalue weighted by molar-refractivity contribution is -0.142. The summed E-state index contributed by atoms with van der Waals surface area (Å²) in [6, 6.07) is 16.5. The Labute approximate surface area is 173 Å².